The molecule has 23 heavy (non-hydrogen) atoms. The highest BCUT2D eigenvalue weighted by Crippen LogP contribution is 2.30. The molecular formula is C18H36O4Si. The maximum Gasteiger partial charge on any atom is 0.312 e. The zero-order valence-corrected chi connectivity index (χ0v) is 17.3. The highest BCUT2D eigenvalue weighted by Gasteiger charge is 2.53. The van der Waals surface area contributed by atoms with Gasteiger partial charge in [0.15, 0.2) is 0 Å². The Morgan fingerprint density at radius 3 is 1.17 bits per heavy atom. The summed E-state index contributed by atoms with van der Waals surface area (Å²) in [4.78, 5) is 25.7. The van der Waals surface area contributed by atoms with Crippen LogP contribution in [0.25, 0.3) is 0 Å². The van der Waals surface area contributed by atoms with Crippen LogP contribution in [0.1, 0.15) is 55.4 Å². The maximum atomic E-state index is 12.9. The van der Waals surface area contributed by atoms with Crippen LogP contribution in [-0.4, -0.2) is 32.5 Å². The highest BCUT2D eigenvalue weighted by molar-refractivity contribution is 7.23. The quantitative estimate of drug-likeness (QED) is 0.491. The van der Waals surface area contributed by atoms with E-state index in [2.05, 4.69) is 0 Å². The van der Waals surface area contributed by atoms with Crippen molar-refractivity contribution >= 4 is 19.3 Å². The van der Waals surface area contributed by atoms with E-state index in [4.69, 9.17) is 9.47 Å². The molecule has 0 spiro atoms. The molecule has 0 amide bonds. The zero-order valence-electron chi connectivity index (χ0n) is 16.3. The summed E-state index contributed by atoms with van der Waals surface area (Å²) >= 11 is 0. The summed E-state index contributed by atoms with van der Waals surface area (Å²) in [6.07, 6.45) is 0. The molecule has 0 aromatic rings. The predicted octanol–water partition coefficient (Wildman–Crippen LogP) is 5.50. The topological polar surface area (TPSA) is 52.6 Å². The van der Waals surface area contributed by atoms with Gasteiger partial charge in [-0.2, -0.15) is 0 Å². The van der Waals surface area contributed by atoms with Crippen LogP contribution >= 0.6 is 0 Å². The molecule has 0 radical (unpaired) electrons. The van der Waals surface area contributed by atoms with Crippen LogP contribution < -0.4 is 0 Å². The van der Waals surface area contributed by atoms with Gasteiger partial charge in [0, 0.05) is 0 Å². The predicted molar refractivity (Wildman–Crippen MR) is 97.4 cm³/mol. The van der Waals surface area contributed by atoms with Gasteiger partial charge in [-0.25, -0.2) is 0 Å². The average molecular weight is 345 g/mol. The summed E-state index contributed by atoms with van der Waals surface area (Å²) < 4.78 is 11.0. The molecule has 0 saturated carbocycles. The van der Waals surface area contributed by atoms with Crippen LogP contribution in [-0.2, 0) is 9.47 Å². The fourth-order valence-corrected chi connectivity index (χ4v) is 7.16. The molecule has 0 fully saturated rings. The minimum absolute atomic E-state index is 0.260. The van der Waals surface area contributed by atoms with Gasteiger partial charge >= 0.3 is 8.07 Å². The molecule has 0 N–H and O–H groups in total. The monoisotopic (exact) mass is 344 g/mol. The summed E-state index contributed by atoms with van der Waals surface area (Å²) in [5.41, 5.74) is -0.579. The average Bonchev–Trinajstić information content (AvgIpc) is 2.39. The molecular weight excluding hydrogens is 308 g/mol. The summed E-state index contributed by atoms with van der Waals surface area (Å²) in [6.45, 7) is 16.9. The van der Waals surface area contributed by atoms with Crippen LogP contribution in [0, 0.1) is 23.7 Å². The SMILES string of the molecule is CC(C)COC(=O)[Si](CC(C)C)(CC(C)C)C(=O)OCC(C)C. The van der Waals surface area contributed by atoms with Crippen molar-refractivity contribution in [1.82, 2.24) is 0 Å². The first-order valence-electron chi connectivity index (χ1n) is 8.85. The first kappa shape index (κ1) is 22.2. The number of rotatable bonds is 10. The van der Waals surface area contributed by atoms with E-state index in [1.807, 2.05) is 55.4 Å². The largest absolute Gasteiger partial charge is 0.469 e. The third-order valence-electron chi connectivity index (χ3n) is 3.39. The van der Waals surface area contributed by atoms with Gasteiger partial charge in [-0.3, -0.25) is 9.59 Å². The van der Waals surface area contributed by atoms with Crippen molar-refractivity contribution in [2.24, 2.45) is 23.7 Å². The Labute approximate surface area is 143 Å². The van der Waals surface area contributed by atoms with Crippen molar-refractivity contribution in [2.45, 2.75) is 67.5 Å². The Hall–Kier alpha value is -0.843. The number of carbonyl (C=O) groups is 2. The van der Waals surface area contributed by atoms with Gasteiger partial charge in [0.05, 0.1) is 13.2 Å². The van der Waals surface area contributed by atoms with E-state index in [0.29, 0.717) is 25.3 Å². The summed E-state index contributed by atoms with van der Waals surface area (Å²) in [7, 11) is -2.98. The second kappa shape index (κ2) is 10.1. The molecule has 0 rings (SSSR count). The van der Waals surface area contributed by atoms with E-state index in [1.165, 1.54) is 0 Å². The fourth-order valence-electron chi connectivity index (χ4n) is 2.65. The summed E-state index contributed by atoms with van der Waals surface area (Å²) in [5.74, 6) is 1.04. The molecule has 0 aliphatic rings. The van der Waals surface area contributed by atoms with Gasteiger partial charge in [0.1, 0.15) is 0 Å². The molecule has 0 aromatic carbocycles. The zero-order chi connectivity index (χ0) is 18.2. The van der Waals surface area contributed by atoms with Crippen molar-refractivity contribution in [3.8, 4) is 0 Å². The first-order valence-corrected chi connectivity index (χ1v) is 11.3. The number of carbonyl (C=O) groups excluding carboxylic acids is 2. The molecule has 0 saturated heterocycles. The Morgan fingerprint density at radius 1 is 0.652 bits per heavy atom. The van der Waals surface area contributed by atoms with Crippen molar-refractivity contribution in [3.05, 3.63) is 0 Å². The molecule has 5 heteroatoms. The normalized spacial score (nSPS) is 12.3. The van der Waals surface area contributed by atoms with Crippen LogP contribution in [0.4, 0.5) is 9.59 Å². The van der Waals surface area contributed by atoms with Gasteiger partial charge in [0.2, 0.25) is 0 Å². The summed E-state index contributed by atoms with van der Waals surface area (Å²) in [6, 6.07) is 1.19. The van der Waals surface area contributed by atoms with Crippen LogP contribution in [0.2, 0.25) is 12.1 Å². The van der Waals surface area contributed by atoms with Crippen LogP contribution in [0.15, 0.2) is 0 Å². The molecule has 4 nitrogen and oxygen atoms in total. The number of hydrogen-bond acceptors (Lipinski definition) is 4. The minimum atomic E-state index is -2.98. The molecule has 0 aromatic heterocycles. The lowest BCUT2D eigenvalue weighted by molar-refractivity contribution is 0.145. The molecule has 0 bridgehead atoms. The molecule has 0 unspecified atom stereocenters. The minimum Gasteiger partial charge on any atom is -0.469 e. The molecule has 0 aliphatic heterocycles. The van der Waals surface area contributed by atoms with Gasteiger partial charge in [-0.15, -0.1) is 0 Å². The van der Waals surface area contributed by atoms with Crippen LogP contribution in [0.3, 0.4) is 0 Å². The summed E-state index contributed by atoms with van der Waals surface area (Å²) in [5, 5.41) is 0. The highest BCUT2D eigenvalue weighted by atomic mass is 28.3. The van der Waals surface area contributed by atoms with E-state index in [9.17, 15) is 9.59 Å². The van der Waals surface area contributed by atoms with E-state index < -0.39 is 8.07 Å². The Bertz CT molecular complexity index is 339. The third-order valence-corrected chi connectivity index (χ3v) is 8.27. The fraction of sp³-hybridized carbons (Fsp3) is 0.889. The lowest BCUT2D eigenvalue weighted by Crippen LogP contribution is -2.55. The lowest BCUT2D eigenvalue weighted by Gasteiger charge is -2.30. The Kier molecular flexibility index (Phi) is 9.74. The van der Waals surface area contributed by atoms with E-state index >= 15 is 0 Å². The Morgan fingerprint density at radius 2 is 0.957 bits per heavy atom. The van der Waals surface area contributed by atoms with E-state index in [0.717, 1.165) is 0 Å². The van der Waals surface area contributed by atoms with Crippen molar-refractivity contribution in [2.75, 3.05) is 13.2 Å². The van der Waals surface area contributed by atoms with Gasteiger partial charge < -0.3 is 9.47 Å². The molecule has 136 valence electrons. The first-order chi connectivity index (χ1) is 10.5. The Balaban J connectivity index is 5.47. The van der Waals surface area contributed by atoms with Crippen molar-refractivity contribution in [1.29, 1.82) is 0 Å². The van der Waals surface area contributed by atoms with Crippen molar-refractivity contribution < 1.29 is 19.1 Å². The maximum absolute atomic E-state index is 12.9. The van der Waals surface area contributed by atoms with Gasteiger partial charge in [-0.1, -0.05) is 55.4 Å². The van der Waals surface area contributed by atoms with E-state index in [1.54, 1.807) is 0 Å². The smallest absolute Gasteiger partial charge is 0.312 e. The number of hydrogen-bond donors (Lipinski definition) is 0. The second-order valence-corrected chi connectivity index (χ2v) is 12.1. The van der Waals surface area contributed by atoms with Crippen molar-refractivity contribution in [3.63, 3.8) is 0 Å². The van der Waals surface area contributed by atoms with Gasteiger partial charge in [-0.05, 0) is 35.8 Å². The van der Waals surface area contributed by atoms with Crippen LogP contribution in [0.5, 0.6) is 0 Å². The molecule has 0 aliphatic carbocycles. The molecule has 0 heterocycles. The lowest BCUT2D eigenvalue weighted by atomic mass is 10.2. The van der Waals surface area contributed by atoms with Gasteiger partial charge in [0.25, 0.3) is 11.2 Å². The van der Waals surface area contributed by atoms with E-state index in [-0.39, 0.29) is 34.9 Å². The second-order valence-electron chi connectivity index (χ2n) is 8.26. The number of ether oxygens (including phenoxy) is 2. The molecule has 0 atom stereocenters. The standard InChI is InChI=1S/C18H36O4Si/c1-13(2)9-21-17(19)23(11-15(5)6,12-16(7)8)18(20)22-10-14(3)4/h13-16H,9-12H2,1-8H3. The third kappa shape index (κ3) is 8.00.